The van der Waals surface area contributed by atoms with Gasteiger partial charge < -0.3 is 10.2 Å². The molecule has 0 radical (unpaired) electrons. The lowest BCUT2D eigenvalue weighted by molar-refractivity contribution is -0.155. The number of rotatable bonds is 0. The molecule has 2 amide bonds. The number of carbonyl (C=O) groups is 2. The zero-order valence-electron chi connectivity index (χ0n) is 7.17. The van der Waals surface area contributed by atoms with Crippen LogP contribution in [0.25, 0.3) is 0 Å². The Bertz CT molecular complexity index is 277. The Hall–Kier alpha value is -0.940. The average molecular weight is 185 g/mol. The lowest BCUT2D eigenvalue weighted by Gasteiger charge is -2.30. The van der Waals surface area contributed by atoms with Crippen LogP contribution in [0.15, 0.2) is 0 Å². The lowest BCUT2D eigenvalue weighted by atomic mass is 10.0. The second-order valence-corrected chi connectivity index (χ2v) is 3.62. The average Bonchev–Trinajstić information content (AvgIpc) is 2.50. The van der Waals surface area contributed by atoms with E-state index in [0.29, 0.717) is 6.42 Å². The molecular weight excluding hydrogens is 174 g/mol. The molecule has 4 atom stereocenters. The zero-order valence-corrected chi connectivity index (χ0v) is 7.17. The van der Waals surface area contributed by atoms with Gasteiger partial charge in [0.15, 0.2) is 0 Å². The second-order valence-electron chi connectivity index (χ2n) is 3.62. The van der Waals surface area contributed by atoms with Crippen molar-refractivity contribution in [1.29, 1.82) is 0 Å². The molecule has 1 aliphatic carbocycles. The molecule has 0 aromatic heterocycles. The van der Waals surface area contributed by atoms with E-state index >= 15 is 0 Å². The first-order valence-corrected chi connectivity index (χ1v) is 4.24. The Balaban J connectivity index is 2.29. The molecule has 5 nitrogen and oxygen atoms in total. The monoisotopic (exact) mass is 185 g/mol. The topological polar surface area (TPSA) is 77.8 Å². The Morgan fingerprint density at radius 3 is 2.54 bits per heavy atom. The van der Waals surface area contributed by atoms with Crippen LogP contribution in [-0.2, 0) is 9.59 Å². The van der Waals surface area contributed by atoms with Gasteiger partial charge in [-0.2, -0.15) is 0 Å². The molecular formula is C8H11NO4. The molecule has 0 aromatic rings. The summed E-state index contributed by atoms with van der Waals surface area (Å²) in [4.78, 5) is 23.5. The number of likely N-dealkylation sites (tertiary alicyclic amines) is 1. The molecule has 2 fully saturated rings. The van der Waals surface area contributed by atoms with Crippen LogP contribution < -0.4 is 0 Å². The highest BCUT2D eigenvalue weighted by Gasteiger charge is 2.57. The maximum Gasteiger partial charge on any atom is 0.235 e. The number of aliphatic hydroxyl groups excluding tert-OH is 2. The van der Waals surface area contributed by atoms with Gasteiger partial charge in [-0.15, -0.1) is 0 Å². The first kappa shape index (κ1) is 8.65. The minimum Gasteiger partial charge on any atom is -0.390 e. The van der Waals surface area contributed by atoms with E-state index in [2.05, 4.69) is 0 Å². The van der Waals surface area contributed by atoms with Gasteiger partial charge in [0, 0.05) is 6.92 Å². The highest BCUT2D eigenvalue weighted by atomic mass is 16.3. The van der Waals surface area contributed by atoms with E-state index in [1.165, 1.54) is 6.92 Å². The van der Waals surface area contributed by atoms with Crippen molar-refractivity contribution in [1.82, 2.24) is 4.90 Å². The van der Waals surface area contributed by atoms with Crippen LogP contribution >= 0.6 is 0 Å². The fourth-order valence-electron chi connectivity index (χ4n) is 2.24. The van der Waals surface area contributed by atoms with Crippen molar-refractivity contribution in [3.63, 3.8) is 0 Å². The third-order valence-corrected chi connectivity index (χ3v) is 2.88. The maximum absolute atomic E-state index is 11.4. The molecule has 0 aromatic carbocycles. The summed E-state index contributed by atoms with van der Waals surface area (Å²) in [6.45, 7) is 1.29. The first-order chi connectivity index (χ1) is 6.04. The molecule has 2 bridgehead atoms. The second kappa shape index (κ2) is 2.52. The maximum atomic E-state index is 11.4. The van der Waals surface area contributed by atoms with Gasteiger partial charge in [-0.25, -0.2) is 0 Å². The molecule has 1 saturated heterocycles. The summed E-state index contributed by atoms with van der Waals surface area (Å²) in [7, 11) is 0. The molecule has 2 N–H and O–H groups in total. The van der Waals surface area contributed by atoms with Gasteiger partial charge in [0.1, 0.15) is 6.10 Å². The number of carbonyl (C=O) groups excluding carboxylic acids is 2. The van der Waals surface area contributed by atoms with Crippen LogP contribution in [0, 0.1) is 5.92 Å². The Kier molecular flexibility index (Phi) is 1.68. The largest absolute Gasteiger partial charge is 0.390 e. The van der Waals surface area contributed by atoms with Crippen molar-refractivity contribution < 1.29 is 19.8 Å². The van der Waals surface area contributed by atoms with Crippen molar-refractivity contribution >= 4 is 11.8 Å². The third kappa shape index (κ3) is 0.941. The molecule has 72 valence electrons. The fourth-order valence-corrected chi connectivity index (χ4v) is 2.24. The number of amides is 2. The summed E-state index contributed by atoms with van der Waals surface area (Å²) in [6, 6.07) is -0.509. The van der Waals surface area contributed by atoms with Gasteiger partial charge in [-0.1, -0.05) is 0 Å². The van der Waals surface area contributed by atoms with Crippen LogP contribution in [0.1, 0.15) is 13.3 Å². The molecule has 1 aliphatic heterocycles. The normalized spacial score (nSPS) is 43.0. The van der Waals surface area contributed by atoms with Crippen molar-refractivity contribution in [3.8, 4) is 0 Å². The van der Waals surface area contributed by atoms with E-state index in [1.54, 1.807) is 0 Å². The summed E-state index contributed by atoms with van der Waals surface area (Å²) < 4.78 is 0. The summed E-state index contributed by atoms with van der Waals surface area (Å²) in [6.07, 6.45) is -1.57. The van der Waals surface area contributed by atoms with E-state index in [0.717, 1.165) is 4.90 Å². The molecule has 0 spiro atoms. The van der Waals surface area contributed by atoms with Crippen molar-refractivity contribution in [2.24, 2.45) is 5.92 Å². The molecule has 5 heteroatoms. The summed E-state index contributed by atoms with van der Waals surface area (Å²) in [5.41, 5.74) is 0. The lowest BCUT2D eigenvalue weighted by Crippen LogP contribution is -2.53. The van der Waals surface area contributed by atoms with E-state index in [1.807, 2.05) is 0 Å². The predicted molar refractivity (Wildman–Crippen MR) is 41.4 cm³/mol. The van der Waals surface area contributed by atoms with Crippen LogP contribution in [0.3, 0.4) is 0 Å². The van der Waals surface area contributed by atoms with Gasteiger partial charge in [-0.05, 0) is 6.42 Å². The quantitative estimate of drug-likeness (QED) is 0.480. The minimum atomic E-state index is -0.993. The summed E-state index contributed by atoms with van der Waals surface area (Å²) in [5.74, 6) is -1.29. The molecule has 1 heterocycles. The third-order valence-electron chi connectivity index (χ3n) is 2.88. The number of nitrogens with zero attached hydrogens (tertiary/aromatic N) is 1. The number of fused-ring (bicyclic) bond motifs is 2. The molecule has 0 unspecified atom stereocenters. The van der Waals surface area contributed by atoms with E-state index < -0.39 is 24.2 Å². The van der Waals surface area contributed by atoms with Crippen molar-refractivity contribution in [2.75, 3.05) is 0 Å². The van der Waals surface area contributed by atoms with Gasteiger partial charge in [0.2, 0.25) is 11.8 Å². The van der Waals surface area contributed by atoms with Crippen molar-refractivity contribution in [3.05, 3.63) is 0 Å². The zero-order chi connectivity index (χ0) is 9.75. The van der Waals surface area contributed by atoms with Crippen LogP contribution in [0.5, 0.6) is 0 Å². The molecule has 13 heavy (non-hydrogen) atoms. The standard InChI is InChI=1S/C8H11NO4/c1-3(10)9-5-2-4(8(9)13)6(11)7(5)12/h4-7,11-12H,2H2,1H3/t4-,5+,6-,7+/m1/s1. The van der Waals surface area contributed by atoms with E-state index in [-0.39, 0.29) is 11.8 Å². The Morgan fingerprint density at radius 2 is 2.08 bits per heavy atom. The number of hydrogen-bond acceptors (Lipinski definition) is 4. The Morgan fingerprint density at radius 1 is 1.46 bits per heavy atom. The van der Waals surface area contributed by atoms with Gasteiger partial charge in [0.25, 0.3) is 0 Å². The minimum absolute atomic E-state index is 0.352. The molecule has 1 saturated carbocycles. The highest BCUT2D eigenvalue weighted by Crippen LogP contribution is 2.38. The van der Waals surface area contributed by atoms with Crippen LogP contribution in [0.4, 0.5) is 0 Å². The van der Waals surface area contributed by atoms with Crippen LogP contribution in [-0.4, -0.2) is 45.2 Å². The summed E-state index contributed by atoms with van der Waals surface area (Å²) >= 11 is 0. The van der Waals surface area contributed by atoms with Crippen molar-refractivity contribution in [2.45, 2.75) is 31.6 Å². The number of piperidine rings is 1. The number of imide groups is 1. The predicted octanol–water partition coefficient (Wildman–Crippen LogP) is -1.51. The van der Waals surface area contributed by atoms with E-state index in [9.17, 15) is 19.8 Å². The van der Waals surface area contributed by atoms with E-state index in [4.69, 9.17) is 0 Å². The SMILES string of the molecule is CC(=O)N1C(=O)[C@@H]2C[C@H]1[C@H](O)[C@@H]2O. The van der Waals surface area contributed by atoms with Crippen LogP contribution in [0.2, 0.25) is 0 Å². The smallest absolute Gasteiger partial charge is 0.235 e. The van der Waals surface area contributed by atoms with Gasteiger partial charge >= 0.3 is 0 Å². The van der Waals surface area contributed by atoms with Gasteiger partial charge in [-0.3, -0.25) is 14.5 Å². The number of aliphatic hydroxyl groups is 2. The molecule has 2 aliphatic rings. The summed E-state index contributed by atoms with van der Waals surface area (Å²) in [5, 5.41) is 18.8. The molecule has 2 rings (SSSR count). The first-order valence-electron chi connectivity index (χ1n) is 4.24. The fraction of sp³-hybridized carbons (Fsp3) is 0.750. The Labute approximate surface area is 75.0 Å². The highest BCUT2D eigenvalue weighted by molar-refractivity contribution is 5.98. The number of hydrogen-bond donors (Lipinski definition) is 2. The van der Waals surface area contributed by atoms with Gasteiger partial charge in [0.05, 0.1) is 18.1 Å².